The van der Waals surface area contributed by atoms with Crippen molar-refractivity contribution < 1.29 is 9.53 Å². The van der Waals surface area contributed by atoms with Crippen LogP contribution in [-0.4, -0.2) is 17.6 Å². The lowest BCUT2D eigenvalue weighted by atomic mass is 9.96. The van der Waals surface area contributed by atoms with Gasteiger partial charge in [-0.05, 0) is 86.1 Å². The molecular formula is C21H22ClNO2. The Bertz CT molecular complexity index is 855. The molecule has 0 unspecified atom stereocenters. The van der Waals surface area contributed by atoms with E-state index in [-0.39, 0.29) is 5.97 Å². The maximum absolute atomic E-state index is 12.2. The first-order valence-electron chi connectivity index (χ1n) is 8.65. The zero-order valence-corrected chi connectivity index (χ0v) is 15.6. The summed E-state index contributed by atoms with van der Waals surface area (Å²) in [7, 11) is 0. The van der Waals surface area contributed by atoms with E-state index >= 15 is 0 Å². The fourth-order valence-corrected chi connectivity index (χ4v) is 3.52. The molecule has 0 aliphatic heterocycles. The number of hydrogen-bond acceptors (Lipinski definition) is 3. The Labute approximate surface area is 153 Å². The van der Waals surface area contributed by atoms with Crippen LogP contribution in [0.5, 0.6) is 0 Å². The molecule has 2 aromatic rings. The van der Waals surface area contributed by atoms with E-state index < -0.39 is 0 Å². The van der Waals surface area contributed by atoms with Crippen LogP contribution in [0.25, 0.3) is 11.1 Å². The molecule has 0 spiro atoms. The van der Waals surface area contributed by atoms with Gasteiger partial charge < -0.3 is 4.74 Å². The molecule has 1 heterocycles. The molecule has 0 radical (unpaired) electrons. The zero-order valence-electron chi connectivity index (χ0n) is 14.9. The number of ether oxygens (including phenoxy) is 1. The highest BCUT2D eigenvalue weighted by Crippen LogP contribution is 2.41. The number of aryl methyl sites for hydroxylation is 2. The van der Waals surface area contributed by atoms with Gasteiger partial charge in [-0.15, -0.1) is 0 Å². The van der Waals surface area contributed by atoms with E-state index in [9.17, 15) is 4.79 Å². The summed E-state index contributed by atoms with van der Waals surface area (Å²) in [5.41, 5.74) is 6.97. The summed E-state index contributed by atoms with van der Waals surface area (Å²) in [6, 6.07) is 9.94. The highest BCUT2D eigenvalue weighted by molar-refractivity contribution is 6.30. The van der Waals surface area contributed by atoms with Crippen molar-refractivity contribution in [3.05, 3.63) is 63.4 Å². The summed E-state index contributed by atoms with van der Waals surface area (Å²) >= 11 is 6.21. The van der Waals surface area contributed by atoms with Gasteiger partial charge in [0.2, 0.25) is 0 Å². The molecule has 0 N–H and O–H groups in total. The molecule has 4 heteroatoms. The topological polar surface area (TPSA) is 39.2 Å². The number of hydrogen-bond donors (Lipinski definition) is 0. The van der Waals surface area contributed by atoms with E-state index in [1.807, 2.05) is 37.3 Å². The summed E-state index contributed by atoms with van der Waals surface area (Å²) in [5.74, 6) is -0.360. The monoisotopic (exact) mass is 355 g/mol. The van der Waals surface area contributed by atoms with Gasteiger partial charge in [-0.25, -0.2) is 9.78 Å². The molecule has 1 aliphatic carbocycles. The van der Waals surface area contributed by atoms with Gasteiger partial charge in [-0.1, -0.05) is 23.7 Å². The lowest BCUT2D eigenvalue weighted by molar-refractivity contribution is 0.0518. The number of rotatable bonds is 4. The van der Waals surface area contributed by atoms with Crippen LogP contribution in [0.4, 0.5) is 0 Å². The van der Waals surface area contributed by atoms with E-state index in [2.05, 4.69) is 11.9 Å². The SMILES string of the molecule is CCOC(=O)c1nc(C2=C(c3cc(Cl)ccc3C)CCC2)ccc1C. The summed E-state index contributed by atoms with van der Waals surface area (Å²) in [4.78, 5) is 16.8. The molecule has 1 aliphatic rings. The van der Waals surface area contributed by atoms with Gasteiger partial charge >= 0.3 is 5.97 Å². The lowest BCUT2D eigenvalue weighted by Crippen LogP contribution is -2.10. The van der Waals surface area contributed by atoms with E-state index in [1.54, 1.807) is 6.92 Å². The number of halogens is 1. The number of pyridine rings is 1. The summed E-state index contributed by atoms with van der Waals surface area (Å²) in [6.07, 6.45) is 3.04. The van der Waals surface area contributed by atoms with Crippen molar-refractivity contribution in [2.45, 2.75) is 40.0 Å². The number of esters is 1. The zero-order chi connectivity index (χ0) is 18.0. The third-order valence-electron chi connectivity index (χ3n) is 4.62. The predicted octanol–water partition coefficient (Wildman–Crippen LogP) is 5.62. The van der Waals surface area contributed by atoms with Crippen molar-refractivity contribution >= 4 is 28.7 Å². The molecule has 1 aromatic heterocycles. The minimum Gasteiger partial charge on any atom is -0.461 e. The summed E-state index contributed by atoms with van der Waals surface area (Å²) in [6.45, 7) is 6.13. The van der Waals surface area contributed by atoms with Gasteiger partial charge in [0.25, 0.3) is 0 Å². The highest BCUT2D eigenvalue weighted by atomic mass is 35.5. The van der Waals surface area contributed by atoms with Gasteiger partial charge in [-0.2, -0.15) is 0 Å². The standard InChI is InChI=1S/C21H22ClNO2/c1-4-25-21(24)20-14(3)9-11-19(23-20)17-7-5-6-16(17)18-12-15(22)10-8-13(18)2/h8-12H,4-7H2,1-3H3. The number of aromatic nitrogens is 1. The molecule has 0 fully saturated rings. The van der Waals surface area contributed by atoms with Crippen molar-refractivity contribution in [3.63, 3.8) is 0 Å². The van der Waals surface area contributed by atoms with Crippen molar-refractivity contribution in [1.82, 2.24) is 4.98 Å². The van der Waals surface area contributed by atoms with Gasteiger partial charge in [0.15, 0.2) is 5.69 Å². The van der Waals surface area contributed by atoms with Crippen LogP contribution in [0.1, 0.15) is 59.1 Å². The first-order chi connectivity index (χ1) is 12.0. The molecule has 0 atom stereocenters. The predicted molar refractivity (Wildman–Crippen MR) is 102 cm³/mol. The van der Waals surface area contributed by atoms with Gasteiger partial charge in [0.05, 0.1) is 12.3 Å². The minimum atomic E-state index is -0.360. The Hall–Kier alpha value is -2.13. The molecule has 1 aromatic carbocycles. The van der Waals surface area contributed by atoms with E-state index in [1.165, 1.54) is 22.3 Å². The Morgan fingerprint density at radius 1 is 1.12 bits per heavy atom. The van der Waals surface area contributed by atoms with Crippen LogP contribution in [0.3, 0.4) is 0 Å². The number of nitrogens with zero attached hydrogens (tertiary/aromatic N) is 1. The molecule has 130 valence electrons. The second-order valence-electron chi connectivity index (χ2n) is 6.35. The molecule has 0 amide bonds. The lowest BCUT2D eigenvalue weighted by Gasteiger charge is -2.13. The van der Waals surface area contributed by atoms with Gasteiger partial charge in [-0.3, -0.25) is 0 Å². The molecule has 3 rings (SSSR count). The molecule has 0 saturated heterocycles. The van der Waals surface area contributed by atoms with Crippen LogP contribution in [-0.2, 0) is 4.74 Å². The molecular weight excluding hydrogens is 334 g/mol. The maximum Gasteiger partial charge on any atom is 0.357 e. The Kier molecular flexibility index (Phi) is 5.24. The van der Waals surface area contributed by atoms with Crippen LogP contribution < -0.4 is 0 Å². The molecule has 0 saturated carbocycles. The third kappa shape index (κ3) is 3.62. The number of carbonyl (C=O) groups is 1. The minimum absolute atomic E-state index is 0.347. The summed E-state index contributed by atoms with van der Waals surface area (Å²) in [5, 5.41) is 0.739. The van der Waals surface area contributed by atoms with Crippen molar-refractivity contribution in [3.8, 4) is 0 Å². The van der Waals surface area contributed by atoms with Crippen molar-refractivity contribution in [2.24, 2.45) is 0 Å². The first-order valence-corrected chi connectivity index (χ1v) is 9.02. The van der Waals surface area contributed by atoms with Crippen LogP contribution >= 0.6 is 11.6 Å². The van der Waals surface area contributed by atoms with E-state index in [4.69, 9.17) is 16.3 Å². The second kappa shape index (κ2) is 7.40. The Morgan fingerprint density at radius 2 is 1.84 bits per heavy atom. The van der Waals surface area contributed by atoms with E-state index in [0.717, 1.165) is 35.5 Å². The maximum atomic E-state index is 12.2. The van der Waals surface area contributed by atoms with Gasteiger partial charge in [0, 0.05) is 5.02 Å². The Balaban J connectivity index is 2.09. The molecule has 0 bridgehead atoms. The fraction of sp³-hybridized carbons (Fsp3) is 0.333. The molecule has 25 heavy (non-hydrogen) atoms. The second-order valence-corrected chi connectivity index (χ2v) is 6.79. The van der Waals surface area contributed by atoms with E-state index in [0.29, 0.717) is 12.3 Å². The number of carbonyl (C=O) groups excluding carboxylic acids is 1. The smallest absolute Gasteiger partial charge is 0.357 e. The average molecular weight is 356 g/mol. The normalized spacial score (nSPS) is 14.1. The third-order valence-corrected chi connectivity index (χ3v) is 4.85. The quantitative estimate of drug-likeness (QED) is 0.668. The largest absolute Gasteiger partial charge is 0.461 e. The highest BCUT2D eigenvalue weighted by Gasteiger charge is 2.22. The number of allylic oxidation sites excluding steroid dienone is 2. The number of benzene rings is 1. The van der Waals surface area contributed by atoms with Crippen LogP contribution in [0, 0.1) is 13.8 Å². The summed E-state index contributed by atoms with van der Waals surface area (Å²) < 4.78 is 5.14. The first kappa shape index (κ1) is 17.7. The fourth-order valence-electron chi connectivity index (χ4n) is 3.35. The Morgan fingerprint density at radius 3 is 2.60 bits per heavy atom. The van der Waals surface area contributed by atoms with Gasteiger partial charge in [0.1, 0.15) is 0 Å². The van der Waals surface area contributed by atoms with Crippen LogP contribution in [0.2, 0.25) is 5.02 Å². The van der Waals surface area contributed by atoms with Crippen molar-refractivity contribution in [2.75, 3.05) is 6.61 Å². The van der Waals surface area contributed by atoms with Crippen LogP contribution in [0.15, 0.2) is 30.3 Å². The molecule has 3 nitrogen and oxygen atoms in total. The van der Waals surface area contributed by atoms with Crippen molar-refractivity contribution in [1.29, 1.82) is 0 Å². The average Bonchev–Trinajstić information content (AvgIpc) is 3.07.